The average Bonchev–Trinajstić information content (AvgIpc) is 3.19. The number of halogens is 1. The molecule has 3 fully saturated rings. The van der Waals surface area contributed by atoms with E-state index in [1.165, 1.54) is 29.3 Å². The zero-order valence-corrected chi connectivity index (χ0v) is 18.2. The van der Waals surface area contributed by atoms with E-state index >= 15 is 0 Å². The van der Waals surface area contributed by atoms with Crippen LogP contribution in [-0.2, 0) is 10.0 Å². The summed E-state index contributed by atoms with van der Waals surface area (Å²) in [6.45, 7) is 5.63. The van der Waals surface area contributed by atoms with E-state index in [0.29, 0.717) is 18.7 Å². The Balaban J connectivity index is 1.37. The van der Waals surface area contributed by atoms with Crippen molar-refractivity contribution in [1.29, 1.82) is 0 Å². The van der Waals surface area contributed by atoms with E-state index in [1.54, 1.807) is 6.92 Å². The fraction of sp³-hybridized carbons (Fsp3) is 0.727. The van der Waals surface area contributed by atoms with Crippen molar-refractivity contribution in [2.75, 3.05) is 32.7 Å². The fourth-order valence-corrected chi connectivity index (χ4v) is 7.13. The molecular weight excluding hydrogens is 391 g/mol. The molecule has 1 spiro atoms. The molecule has 1 N–H and O–H groups in total. The first kappa shape index (κ1) is 21.2. The molecule has 2 heterocycles. The van der Waals surface area contributed by atoms with Gasteiger partial charge in [-0.2, -0.15) is 4.31 Å². The highest BCUT2D eigenvalue weighted by Crippen LogP contribution is 2.48. The number of sulfonamides is 1. The third kappa shape index (κ3) is 4.38. The van der Waals surface area contributed by atoms with Crippen LogP contribution in [0.2, 0.25) is 0 Å². The van der Waals surface area contributed by atoms with Gasteiger partial charge in [0.25, 0.3) is 0 Å². The van der Waals surface area contributed by atoms with Crippen molar-refractivity contribution in [3.8, 4) is 0 Å². The van der Waals surface area contributed by atoms with Crippen molar-refractivity contribution >= 4 is 10.0 Å². The van der Waals surface area contributed by atoms with E-state index in [2.05, 4.69) is 4.90 Å². The molecule has 0 unspecified atom stereocenters. The van der Waals surface area contributed by atoms with E-state index in [-0.39, 0.29) is 10.3 Å². The van der Waals surface area contributed by atoms with Gasteiger partial charge in [-0.3, -0.25) is 0 Å². The number of β-amino-alcohol motifs (C(OH)–C–C–N with tert-alkyl or cyclic N) is 1. The number of rotatable bonds is 4. The first-order valence-electron chi connectivity index (χ1n) is 10.9. The molecule has 2 saturated heterocycles. The SMILES string of the molecule is Cc1ccc(F)cc1S(=O)(=O)N1CCC2(CC1)CCC(O)(CN1CCCC1)CC2. The van der Waals surface area contributed by atoms with E-state index in [4.69, 9.17) is 0 Å². The summed E-state index contributed by atoms with van der Waals surface area (Å²) >= 11 is 0. The molecule has 3 aliphatic rings. The fourth-order valence-electron chi connectivity index (χ4n) is 5.45. The minimum atomic E-state index is -3.67. The molecule has 0 bridgehead atoms. The van der Waals surface area contributed by atoms with Crippen LogP contribution >= 0.6 is 0 Å². The van der Waals surface area contributed by atoms with Crippen molar-refractivity contribution < 1.29 is 17.9 Å². The molecule has 1 saturated carbocycles. The van der Waals surface area contributed by atoms with Gasteiger partial charge >= 0.3 is 0 Å². The van der Waals surface area contributed by atoms with E-state index in [9.17, 15) is 17.9 Å². The summed E-state index contributed by atoms with van der Waals surface area (Å²) in [5.41, 5.74) is 0.133. The van der Waals surface area contributed by atoms with Crippen molar-refractivity contribution in [3.05, 3.63) is 29.6 Å². The zero-order valence-electron chi connectivity index (χ0n) is 17.4. The predicted octanol–water partition coefficient (Wildman–Crippen LogP) is 3.31. The van der Waals surface area contributed by atoms with Gasteiger partial charge in [-0.1, -0.05) is 6.07 Å². The predicted molar refractivity (Wildman–Crippen MR) is 111 cm³/mol. The Morgan fingerprint density at radius 3 is 2.24 bits per heavy atom. The Morgan fingerprint density at radius 2 is 1.62 bits per heavy atom. The van der Waals surface area contributed by atoms with Gasteiger partial charge in [0.1, 0.15) is 5.82 Å². The molecule has 4 rings (SSSR count). The Morgan fingerprint density at radius 1 is 1.00 bits per heavy atom. The highest BCUT2D eigenvalue weighted by molar-refractivity contribution is 7.89. The molecule has 1 aromatic carbocycles. The number of likely N-dealkylation sites (tertiary alicyclic amines) is 1. The molecule has 7 heteroatoms. The normalized spacial score (nSPS) is 25.5. The molecule has 1 aliphatic carbocycles. The summed E-state index contributed by atoms with van der Waals surface area (Å²) in [5, 5.41) is 11.0. The molecule has 2 aliphatic heterocycles. The van der Waals surface area contributed by atoms with Crippen LogP contribution in [0.25, 0.3) is 0 Å². The Hall–Kier alpha value is -1.02. The van der Waals surface area contributed by atoms with Crippen LogP contribution in [0.3, 0.4) is 0 Å². The molecule has 5 nitrogen and oxygen atoms in total. The Kier molecular flexibility index (Phi) is 5.79. The molecule has 29 heavy (non-hydrogen) atoms. The Labute approximate surface area is 173 Å². The van der Waals surface area contributed by atoms with Gasteiger partial charge in [-0.05, 0) is 94.5 Å². The van der Waals surface area contributed by atoms with Crippen LogP contribution in [0.4, 0.5) is 4.39 Å². The molecule has 0 atom stereocenters. The van der Waals surface area contributed by atoms with Crippen LogP contribution in [-0.4, -0.2) is 61.1 Å². The molecule has 0 radical (unpaired) electrons. The second kappa shape index (κ2) is 7.91. The highest BCUT2D eigenvalue weighted by atomic mass is 32.2. The van der Waals surface area contributed by atoms with Gasteiger partial charge in [-0.25, -0.2) is 12.8 Å². The number of hydrogen-bond acceptors (Lipinski definition) is 4. The quantitative estimate of drug-likeness (QED) is 0.806. The Bertz CT molecular complexity index is 834. The third-order valence-corrected chi connectivity index (χ3v) is 9.55. The maximum Gasteiger partial charge on any atom is 0.243 e. The van der Waals surface area contributed by atoms with Gasteiger partial charge in [0.05, 0.1) is 10.5 Å². The highest BCUT2D eigenvalue weighted by Gasteiger charge is 2.45. The molecule has 0 aromatic heterocycles. The van der Waals surface area contributed by atoms with Gasteiger partial charge in [-0.15, -0.1) is 0 Å². The van der Waals surface area contributed by atoms with E-state index in [0.717, 1.165) is 64.2 Å². The van der Waals surface area contributed by atoms with Gasteiger partial charge < -0.3 is 10.0 Å². The average molecular weight is 425 g/mol. The summed E-state index contributed by atoms with van der Waals surface area (Å²) < 4.78 is 41.2. The number of nitrogens with zero attached hydrogens (tertiary/aromatic N) is 2. The molecule has 1 aromatic rings. The summed E-state index contributed by atoms with van der Waals surface area (Å²) in [6.07, 6.45) is 7.64. The van der Waals surface area contributed by atoms with Crippen molar-refractivity contribution in [2.24, 2.45) is 5.41 Å². The molecular formula is C22H33FN2O3S. The maximum absolute atomic E-state index is 13.6. The summed E-state index contributed by atoms with van der Waals surface area (Å²) in [5.74, 6) is -0.521. The third-order valence-electron chi connectivity index (χ3n) is 7.51. The lowest BCUT2D eigenvalue weighted by Crippen LogP contribution is -2.50. The minimum Gasteiger partial charge on any atom is -0.389 e. The van der Waals surface area contributed by atoms with Crippen LogP contribution in [0.1, 0.15) is 56.9 Å². The first-order chi connectivity index (χ1) is 13.7. The minimum absolute atomic E-state index is 0.0806. The standard InChI is InChI=1S/C22H33FN2O3S/c1-18-4-5-19(23)16-20(18)29(27,28)25-14-10-21(11-15-25)6-8-22(26,9-7-21)17-24-12-2-3-13-24/h4-5,16,26H,2-3,6-15,17H2,1H3. The lowest BCUT2D eigenvalue weighted by molar-refractivity contribution is -0.0625. The zero-order chi connectivity index (χ0) is 20.7. The number of aliphatic hydroxyl groups is 1. The largest absolute Gasteiger partial charge is 0.389 e. The molecule has 162 valence electrons. The van der Waals surface area contributed by atoms with Crippen molar-refractivity contribution in [1.82, 2.24) is 9.21 Å². The summed E-state index contributed by atoms with van der Waals surface area (Å²) in [6, 6.07) is 3.95. The number of benzene rings is 1. The lowest BCUT2D eigenvalue weighted by atomic mass is 9.64. The summed E-state index contributed by atoms with van der Waals surface area (Å²) in [7, 11) is -3.67. The van der Waals surface area contributed by atoms with Crippen LogP contribution in [0.15, 0.2) is 23.1 Å². The van der Waals surface area contributed by atoms with E-state index < -0.39 is 21.4 Å². The molecule has 0 amide bonds. The van der Waals surface area contributed by atoms with Gasteiger partial charge in [0.2, 0.25) is 10.0 Å². The first-order valence-corrected chi connectivity index (χ1v) is 12.4. The van der Waals surface area contributed by atoms with Crippen molar-refractivity contribution in [3.63, 3.8) is 0 Å². The van der Waals surface area contributed by atoms with E-state index in [1.807, 2.05) is 0 Å². The van der Waals surface area contributed by atoms with Crippen LogP contribution in [0, 0.1) is 18.2 Å². The lowest BCUT2D eigenvalue weighted by Gasteiger charge is -2.48. The maximum atomic E-state index is 13.6. The second-order valence-electron chi connectivity index (χ2n) is 9.52. The van der Waals surface area contributed by atoms with Crippen LogP contribution < -0.4 is 0 Å². The number of hydrogen-bond donors (Lipinski definition) is 1. The number of aryl methyl sites for hydroxylation is 1. The van der Waals surface area contributed by atoms with Gasteiger partial charge in [0, 0.05) is 19.6 Å². The monoisotopic (exact) mass is 424 g/mol. The summed E-state index contributed by atoms with van der Waals surface area (Å²) in [4.78, 5) is 2.46. The smallest absolute Gasteiger partial charge is 0.243 e. The topological polar surface area (TPSA) is 60.9 Å². The van der Waals surface area contributed by atoms with Crippen molar-refractivity contribution in [2.45, 2.75) is 68.8 Å². The van der Waals surface area contributed by atoms with Crippen LogP contribution in [0.5, 0.6) is 0 Å². The van der Waals surface area contributed by atoms with Gasteiger partial charge in [0.15, 0.2) is 0 Å². The second-order valence-corrected chi connectivity index (χ2v) is 11.4. The number of piperidine rings is 1.